The molecular weight excluding hydrogens is 260 g/mol. The van der Waals surface area contributed by atoms with E-state index in [4.69, 9.17) is 0 Å². The fourth-order valence-corrected chi connectivity index (χ4v) is 3.32. The molecule has 0 saturated heterocycles. The molecule has 1 aliphatic rings. The summed E-state index contributed by atoms with van der Waals surface area (Å²) in [6.07, 6.45) is 3.19. The van der Waals surface area contributed by atoms with Gasteiger partial charge in [0.15, 0.2) is 0 Å². The number of aromatic amines is 1. The van der Waals surface area contributed by atoms with Crippen LogP contribution in [0.4, 0.5) is 0 Å². The zero-order valence-electron chi connectivity index (χ0n) is 10.3. The third-order valence-electron chi connectivity index (χ3n) is 3.08. The maximum atomic E-state index is 12.1. The van der Waals surface area contributed by atoms with Gasteiger partial charge in [-0.25, -0.2) is 0 Å². The maximum Gasteiger partial charge on any atom is 0.233 e. The van der Waals surface area contributed by atoms with Crippen molar-refractivity contribution < 1.29 is 4.79 Å². The first kappa shape index (κ1) is 12.2. The SMILES string of the molecule is O=C(NCCc1cn[nH]n1)[C@H]1Cc2ccccc2S1. The molecule has 6 heteroatoms. The Balaban J connectivity index is 1.50. The third-order valence-corrected chi connectivity index (χ3v) is 4.40. The molecule has 1 amide bonds. The molecule has 1 aromatic heterocycles. The summed E-state index contributed by atoms with van der Waals surface area (Å²) in [4.78, 5) is 13.3. The maximum absolute atomic E-state index is 12.1. The van der Waals surface area contributed by atoms with Crippen LogP contribution in [0.2, 0.25) is 0 Å². The summed E-state index contributed by atoms with van der Waals surface area (Å²) in [6.45, 7) is 0.596. The quantitative estimate of drug-likeness (QED) is 0.878. The van der Waals surface area contributed by atoms with Gasteiger partial charge in [0.05, 0.1) is 17.1 Å². The van der Waals surface area contributed by atoms with Crippen LogP contribution in [0.3, 0.4) is 0 Å². The number of nitrogens with zero attached hydrogens (tertiary/aromatic N) is 2. The van der Waals surface area contributed by atoms with Crippen molar-refractivity contribution in [2.45, 2.75) is 23.0 Å². The molecule has 2 N–H and O–H groups in total. The molecule has 0 spiro atoms. The Morgan fingerprint density at radius 2 is 2.37 bits per heavy atom. The lowest BCUT2D eigenvalue weighted by molar-refractivity contribution is -0.120. The number of carbonyl (C=O) groups excluding carboxylic acids is 1. The number of nitrogens with one attached hydrogen (secondary N) is 2. The summed E-state index contributed by atoms with van der Waals surface area (Å²) in [6, 6.07) is 8.19. The number of fused-ring (bicyclic) bond motifs is 1. The fourth-order valence-electron chi connectivity index (χ4n) is 2.10. The van der Waals surface area contributed by atoms with Gasteiger partial charge in [0.1, 0.15) is 0 Å². The average Bonchev–Trinajstić information content (AvgIpc) is 3.07. The molecule has 1 atom stereocenters. The van der Waals surface area contributed by atoms with Crippen LogP contribution in [0.15, 0.2) is 35.4 Å². The summed E-state index contributed by atoms with van der Waals surface area (Å²) in [5.41, 5.74) is 2.13. The summed E-state index contributed by atoms with van der Waals surface area (Å²) in [7, 11) is 0. The van der Waals surface area contributed by atoms with Gasteiger partial charge in [-0.15, -0.1) is 11.8 Å². The highest BCUT2D eigenvalue weighted by atomic mass is 32.2. The van der Waals surface area contributed by atoms with E-state index in [1.807, 2.05) is 12.1 Å². The highest BCUT2D eigenvalue weighted by Gasteiger charge is 2.27. The van der Waals surface area contributed by atoms with E-state index in [0.29, 0.717) is 13.0 Å². The van der Waals surface area contributed by atoms with Crippen molar-refractivity contribution >= 4 is 17.7 Å². The standard InChI is InChI=1S/C13H14N4OS/c18-13(14-6-5-10-8-15-17-16-10)12-7-9-3-1-2-4-11(9)19-12/h1-4,8,12H,5-7H2,(H,14,18)(H,15,16,17)/t12-/m1/s1. The van der Waals surface area contributed by atoms with E-state index in [1.165, 1.54) is 10.5 Å². The molecule has 2 heterocycles. The van der Waals surface area contributed by atoms with E-state index >= 15 is 0 Å². The molecule has 19 heavy (non-hydrogen) atoms. The Kier molecular flexibility index (Phi) is 3.50. The Labute approximate surface area is 115 Å². The minimum Gasteiger partial charge on any atom is -0.355 e. The van der Waals surface area contributed by atoms with Crippen LogP contribution < -0.4 is 5.32 Å². The summed E-state index contributed by atoms with van der Waals surface area (Å²) < 4.78 is 0. The molecule has 0 unspecified atom stereocenters. The smallest absolute Gasteiger partial charge is 0.233 e. The Morgan fingerprint density at radius 3 is 3.16 bits per heavy atom. The van der Waals surface area contributed by atoms with E-state index < -0.39 is 0 Å². The summed E-state index contributed by atoms with van der Waals surface area (Å²) >= 11 is 1.65. The highest BCUT2D eigenvalue weighted by molar-refractivity contribution is 8.01. The molecule has 3 rings (SSSR count). The number of amides is 1. The molecule has 1 aromatic carbocycles. The summed E-state index contributed by atoms with van der Waals surface area (Å²) in [5.74, 6) is 0.102. The minimum absolute atomic E-state index is 0.00490. The highest BCUT2D eigenvalue weighted by Crippen LogP contribution is 2.36. The van der Waals surface area contributed by atoms with Crippen LogP contribution in [-0.4, -0.2) is 33.1 Å². The van der Waals surface area contributed by atoms with E-state index in [1.54, 1.807) is 18.0 Å². The molecular formula is C13H14N4OS. The molecule has 2 aromatic rings. The van der Waals surface area contributed by atoms with E-state index in [-0.39, 0.29) is 11.2 Å². The lowest BCUT2D eigenvalue weighted by Crippen LogP contribution is -2.33. The van der Waals surface area contributed by atoms with E-state index in [2.05, 4.69) is 32.9 Å². The van der Waals surface area contributed by atoms with Crippen molar-refractivity contribution in [2.24, 2.45) is 0 Å². The lowest BCUT2D eigenvalue weighted by Gasteiger charge is -2.08. The number of carbonyl (C=O) groups is 1. The topological polar surface area (TPSA) is 70.7 Å². The molecule has 0 radical (unpaired) electrons. The van der Waals surface area contributed by atoms with Crippen LogP contribution in [0, 0.1) is 0 Å². The van der Waals surface area contributed by atoms with Gasteiger partial charge in [0.2, 0.25) is 5.91 Å². The van der Waals surface area contributed by atoms with Crippen LogP contribution in [0.1, 0.15) is 11.3 Å². The van der Waals surface area contributed by atoms with E-state index in [9.17, 15) is 4.79 Å². The lowest BCUT2D eigenvalue weighted by atomic mass is 10.1. The van der Waals surface area contributed by atoms with Crippen LogP contribution in [0.25, 0.3) is 0 Å². The molecule has 5 nitrogen and oxygen atoms in total. The van der Waals surface area contributed by atoms with Gasteiger partial charge in [-0.3, -0.25) is 4.79 Å². The second-order valence-electron chi connectivity index (χ2n) is 4.42. The monoisotopic (exact) mass is 274 g/mol. The van der Waals surface area contributed by atoms with Gasteiger partial charge in [-0.2, -0.15) is 15.4 Å². The number of benzene rings is 1. The predicted molar refractivity (Wildman–Crippen MR) is 72.9 cm³/mol. The fraction of sp³-hybridized carbons (Fsp3) is 0.308. The van der Waals surface area contributed by atoms with Crippen LogP contribution in [-0.2, 0) is 17.6 Å². The number of hydrogen-bond donors (Lipinski definition) is 2. The second kappa shape index (κ2) is 5.44. The van der Waals surface area contributed by atoms with Crippen molar-refractivity contribution in [3.05, 3.63) is 41.7 Å². The molecule has 98 valence electrons. The largest absolute Gasteiger partial charge is 0.355 e. The van der Waals surface area contributed by atoms with Gasteiger partial charge in [-0.05, 0) is 18.1 Å². The van der Waals surface area contributed by atoms with Crippen LogP contribution in [0.5, 0.6) is 0 Å². The first-order valence-electron chi connectivity index (χ1n) is 6.20. The van der Waals surface area contributed by atoms with Gasteiger partial charge in [-0.1, -0.05) is 18.2 Å². The molecule has 0 saturated carbocycles. The number of H-pyrrole nitrogens is 1. The summed E-state index contributed by atoms with van der Waals surface area (Å²) in [5, 5.41) is 13.2. The number of thioether (sulfide) groups is 1. The Hall–Kier alpha value is -1.82. The van der Waals surface area contributed by atoms with E-state index in [0.717, 1.165) is 12.1 Å². The van der Waals surface area contributed by atoms with Crippen molar-refractivity contribution in [1.82, 2.24) is 20.7 Å². The zero-order chi connectivity index (χ0) is 13.1. The van der Waals surface area contributed by atoms with Gasteiger partial charge >= 0.3 is 0 Å². The van der Waals surface area contributed by atoms with Crippen molar-refractivity contribution in [2.75, 3.05) is 6.54 Å². The number of hydrogen-bond acceptors (Lipinski definition) is 4. The normalized spacial score (nSPS) is 17.2. The number of aromatic nitrogens is 3. The Bertz CT molecular complexity index is 545. The molecule has 0 aliphatic carbocycles. The van der Waals surface area contributed by atoms with Crippen molar-refractivity contribution in [3.63, 3.8) is 0 Å². The van der Waals surface area contributed by atoms with Gasteiger partial charge in [0.25, 0.3) is 0 Å². The zero-order valence-corrected chi connectivity index (χ0v) is 11.1. The van der Waals surface area contributed by atoms with Crippen molar-refractivity contribution in [3.8, 4) is 0 Å². The Morgan fingerprint density at radius 1 is 1.47 bits per heavy atom. The molecule has 0 fully saturated rings. The second-order valence-corrected chi connectivity index (χ2v) is 5.67. The molecule has 1 aliphatic heterocycles. The predicted octanol–water partition coefficient (Wildman–Crippen LogP) is 1.18. The first-order chi connectivity index (χ1) is 9.33. The van der Waals surface area contributed by atoms with Crippen LogP contribution >= 0.6 is 11.8 Å². The molecule has 0 bridgehead atoms. The first-order valence-corrected chi connectivity index (χ1v) is 7.08. The average molecular weight is 274 g/mol. The van der Waals surface area contributed by atoms with Gasteiger partial charge < -0.3 is 5.32 Å². The van der Waals surface area contributed by atoms with Gasteiger partial charge in [0, 0.05) is 17.9 Å². The number of rotatable bonds is 4. The third kappa shape index (κ3) is 2.78. The van der Waals surface area contributed by atoms with Crippen molar-refractivity contribution in [1.29, 1.82) is 0 Å². The minimum atomic E-state index is -0.00490.